The quantitative estimate of drug-likeness (QED) is 0.338. The van der Waals surface area contributed by atoms with Crippen LogP contribution in [0.5, 0.6) is 0 Å². The number of nitrogens with zero attached hydrogens (tertiary/aromatic N) is 1. The van der Waals surface area contributed by atoms with Crippen LogP contribution in [0, 0.1) is 0 Å². The molecular formula is C20H28N4O3S. The van der Waals surface area contributed by atoms with Gasteiger partial charge in [-0.15, -0.1) is 0 Å². The Labute approximate surface area is 167 Å². The van der Waals surface area contributed by atoms with E-state index >= 15 is 0 Å². The first-order valence-corrected chi connectivity index (χ1v) is 10.5. The zero-order chi connectivity index (χ0) is 20.6. The minimum absolute atomic E-state index is 0.187. The zero-order valence-corrected chi connectivity index (χ0v) is 17.3. The minimum atomic E-state index is -3.58. The van der Waals surface area contributed by atoms with Crippen molar-refractivity contribution in [2.24, 2.45) is 10.7 Å². The highest BCUT2D eigenvalue weighted by atomic mass is 32.2. The first-order valence-electron chi connectivity index (χ1n) is 9.06. The lowest BCUT2D eigenvalue weighted by molar-refractivity contribution is 0.204. The highest BCUT2D eigenvalue weighted by molar-refractivity contribution is 7.89. The number of nitrogens with one attached hydrogen (secondary N) is 2. The number of nitrogens with two attached hydrogens (primary N) is 1. The molecule has 0 aliphatic carbocycles. The summed E-state index contributed by atoms with van der Waals surface area (Å²) in [5.74, 6) is 0.689. The molecule has 0 amide bonds. The largest absolute Gasteiger partial charge is 0.383 e. The molecule has 0 bridgehead atoms. The topological polar surface area (TPSA) is 106 Å². The van der Waals surface area contributed by atoms with E-state index in [4.69, 9.17) is 10.5 Å². The summed E-state index contributed by atoms with van der Waals surface area (Å²) in [7, 11) is -2.06. The van der Waals surface area contributed by atoms with Gasteiger partial charge in [0, 0.05) is 19.3 Å². The number of rotatable bonds is 9. The Kier molecular flexibility index (Phi) is 7.98. The van der Waals surface area contributed by atoms with Crippen molar-refractivity contribution in [2.75, 3.05) is 25.6 Å². The number of ether oxygens (including phenoxy) is 1. The molecule has 4 N–H and O–H groups in total. The van der Waals surface area contributed by atoms with Gasteiger partial charge in [-0.2, -0.15) is 0 Å². The van der Waals surface area contributed by atoms with Gasteiger partial charge in [0.25, 0.3) is 0 Å². The summed E-state index contributed by atoms with van der Waals surface area (Å²) in [6, 6.07) is 14.6. The van der Waals surface area contributed by atoms with E-state index in [1.165, 1.54) is 12.7 Å². The molecule has 152 valence electrons. The second kappa shape index (κ2) is 10.2. The van der Waals surface area contributed by atoms with Gasteiger partial charge in [-0.1, -0.05) is 38.1 Å². The molecule has 0 unspecified atom stereocenters. The van der Waals surface area contributed by atoms with Crippen LogP contribution in [0.25, 0.3) is 0 Å². The second-order valence-corrected chi connectivity index (χ2v) is 8.41. The molecule has 2 aromatic carbocycles. The molecule has 0 atom stereocenters. The molecule has 0 fully saturated rings. The number of hydrogen-bond donors (Lipinski definition) is 3. The monoisotopic (exact) mass is 404 g/mol. The lowest BCUT2D eigenvalue weighted by atomic mass is 10.0. The number of hydrogen-bond acceptors (Lipinski definition) is 4. The van der Waals surface area contributed by atoms with E-state index in [0.29, 0.717) is 12.5 Å². The first kappa shape index (κ1) is 21.9. The third-order valence-corrected chi connectivity index (χ3v) is 5.52. The molecule has 7 nitrogen and oxygen atoms in total. The average Bonchev–Trinajstić information content (AvgIpc) is 2.67. The van der Waals surface area contributed by atoms with Gasteiger partial charge in [0.1, 0.15) is 0 Å². The Balaban J connectivity index is 2.04. The van der Waals surface area contributed by atoms with Gasteiger partial charge in [0.2, 0.25) is 10.0 Å². The third kappa shape index (κ3) is 6.63. The fourth-order valence-electron chi connectivity index (χ4n) is 2.51. The van der Waals surface area contributed by atoms with Crippen LogP contribution >= 0.6 is 0 Å². The first-order chi connectivity index (χ1) is 13.3. The van der Waals surface area contributed by atoms with Gasteiger partial charge < -0.3 is 15.8 Å². The highest BCUT2D eigenvalue weighted by Gasteiger charge is 2.13. The van der Waals surface area contributed by atoms with Crippen molar-refractivity contribution in [1.29, 1.82) is 0 Å². The van der Waals surface area contributed by atoms with Crippen LogP contribution in [0.4, 0.5) is 5.69 Å². The Morgan fingerprint density at radius 2 is 1.93 bits per heavy atom. The van der Waals surface area contributed by atoms with Crippen molar-refractivity contribution >= 4 is 21.7 Å². The summed E-state index contributed by atoms with van der Waals surface area (Å²) in [5.41, 5.74) is 8.80. The van der Waals surface area contributed by atoms with Crippen LogP contribution in [0.2, 0.25) is 0 Å². The molecule has 0 saturated carbocycles. The molecule has 0 radical (unpaired) electrons. The van der Waals surface area contributed by atoms with Gasteiger partial charge in [-0.05, 0) is 41.3 Å². The number of guanidine groups is 1. The number of benzene rings is 2. The molecule has 0 spiro atoms. The third-order valence-electron chi connectivity index (χ3n) is 4.06. The molecule has 0 saturated heterocycles. The van der Waals surface area contributed by atoms with Crippen LogP contribution in [-0.4, -0.2) is 34.6 Å². The van der Waals surface area contributed by atoms with Crippen molar-refractivity contribution < 1.29 is 13.2 Å². The fourth-order valence-corrected chi connectivity index (χ4v) is 3.59. The molecule has 2 rings (SSSR count). The molecule has 0 aliphatic rings. The van der Waals surface area contributed by atoms with Gasteiger partial charge >= 0.3 is 0 Å². The van der Waals surface area contributed by atoms with Gasteiger partial charge in [-0.3, -0.25) is 0 Å². The van der Waals surface area contributed by atoms with Gasteiger partial charge in [0.05, 0.1) is 18.0 Å². The molecular weight excluding hydrogens is 376 g/mol. The van der Waals surface area contributed by atoms with Crippen molar-refractivity contribution in [3.05, 3.63) is 59.7 Å². The number of aliphatic imine (C=N–C) groups is 1. The SMILES string of the molecule is COCCNS(=O)(=O)c1cccc(CN=C(N)Nc2cccc(C(C)C)c2)c1. The summed E-state index contributed by atoms with van der Waals surface area (Å²) < 4.78 is 31.9. The summed E-state index contributed by atoms with van der Waals surface area (Å²) in [4.78, 5) is 4.50. The molecule has 0 aromatic heterocycles. The Hall–Kier alpha value is -2.42. The molecule has 0 aliphatic heterocycles. The molecule has 0 heterocycles. The Bertz CT molecular complexity index is 911. The molecule has 8 heteroatoms. The fraction of sp³-hybridized carbons (Fsp3) is 0.350. The van der Waals surface area contributed by atoms with E-state index in [1.807, 2.05) is 24.3 Å². The van der Waals surface area contributed by atoms with E-state index in [0.717, 1.165) is 11.3 Å². The van der Waals surface area contributed by atoms with Gasteiger partial charge in [-0.25, -0.2) is 18.1 Å². The standard InChI is InChI=1S/C20H28N4O3S/c1-15(2)17-7-5-8-18(13-17)24-20(21)22-14-16-6-4-9-19(12-16)28(25,26)23-10-11-27-3/h4-9,12-13,15,23H,10-11,14H2,1-3H3,(H3,21,22,24). The van der Waals surface area contributed by atoms with Crippen molar-refractivity contribution in [3.8, 4) is 0 Å². The smallest absolute Gasteiger partial charge is 0.240 e. The maximum absolute atomic E-state index is 12.3. The van der Waals surface area contributed by atoms with Crippen molar-refractivity contribution in [1.82, 2.24) is 4.72 Å². The summed E-state index contributed by atoms with van der Waals surface area (Å²) >= 11 is 0. The van der Waals surface area contributed by atoms with Crippen LogP contribution in [-0.2, 0) is 21.3 Å². The summed E-state index contributed by atoms with van der Waals surface area (Å²) in [6.07, 6.45) is 0. The molecule has 2 aromatic rings. The van der Waals surface area contributed by atoms with Crippen LogP contribution in [0.3, 0.4) is 0 Å². The Morgan fingerprint density at radius 3 is 2.64 bits per heavy atom. The van der Waals surface area contributed by atoms with E-state index < -0.39 is 10.0 Å². The lowest BCUT2D eigenvalue weighted by Gasteiger charge is -2.10. The summed E-state index contributed by atoms with van der Waals surface area (Å²) in [5, 5.41) is 3.07. The van der Waals surface area contributed by atoms with E-state index in [2.05, 4.69) is 34.9 Å². The normalized spacial score (nSPS) is 12.4. The van der Waals surface area contributed by atoms with Crippen LogP contribution in [0.15, 0.2) is 58.4 Å². The maximum Gasteiger partial charge on any atom is 0.240 e. The van der Waals surface area contributed by atoms with Crippen LogP contribution in [0.1, 0.15) is 30.9 Å². The highest BCUT2D eigenvalue weighted by Crippen LogP contribution is 2.18. The maximum atomic E-state index is 12.3. The Morgan fingerprint density at radius 1 is 1.18 bits per heavy atom. The lowest BCUT2D eigenvalue weighted by Crippen LogP contribution is -2.27. The van der Waals surface area contributed by atoms with Gasteiger partial charge in [0.15, 0.2) is 5.96 Å². The van der Waals surface area contributed by atoms with E-state index in [1.54, 1.807) is 18.2 Å². The molecule has 28 heavy (non-hydrogen) atoms. The summed E-state index contributed by atoms with van der Waals surface area (Å²) in [6.45, 7) is 5.05. The minimum Gasteiger partial charge on any atom is -0.383 e. The van der Waals surface area contributed by atoms with Crippen LogP contribution < -0.4 is 15.8 Å². The average molecular weight is 405 g/mol. The predicted octanol–water partition coefficient (Wildman–Crippen LogP) is 2.66. The number of methoxy groups -OCH3 is 1. The van der Waals surface area contributed by atoms with Crippen molar-refractivity contribution in [3.63, 3.8) is 0 Å². The second-order valence-electron chi connectivity index (χ2n) is 6.64. The number of sulfonamides is 1. The van der Waals surface area contributed by atoms with Crippen molar-refractivity contribution in [2.45, 2.75) is 31.2 Å². The number of anilines is 1. The van der Waals surface area contributed by atoms with E-state index in [9.17, 15) is 8.42 Å². The van der Waals surface area contributed by atoms with E-state index in [-0.39, 0.29) is 23.9 Å². The predicted molar refractivity (Wildman–Crippen MR) is 113 cm³/mol. The zero-order valence-electron chi connectivity index (χ0n) is 16.5.